The number of hydrogen-bond acceptors (Lipinski definition) is 4. The number of hydrogen-bond donors (Lipinski definition) is 2. The topological polar surface area (TPSA) is 71.5 Å². The van der Waals surface area contributed by atoms with Gasteiger partial charge < -0.3 is 15.2 Å². The van der Waals surface area contributed by atoms with Crippen molar-refractivity contribution in [2.75, 3.05) is 12.4 Å². The average molecular weight is 511 g/mol. The Balaban J connectivity index is 2.01. The maximum Gasteiger partial charge on any atom is 0.426 e. The van der Waals surface area contributed by atoms with E-state index in [0.29, 0.717) is 26.7 Å². The number of fused-ring (bicyclic) bond motifs is 1. The minimum atomic E-state index is -5.23. The van der Waals surface area contributed by atoms with Crippen molar-refractivity contribution in [3.63, 3.8) is 0 Å². The second-order valence-corrected chi connectivity index (χ2v) is 9.01. The number of rotatable bonds is 6. The van der Waals surface area contributed by atoms with E-state index in [9.17, 15) is 23.1 Å². The largest absolute Gasteiger partial charge is 0.496 e. The molecule has 0 radical (unpaired) electrons. The third-order valence-corrected chi connectivity index (χ3v) is 5.82. The van der Waals surface area contributed by atoms with Gasteiger partial charge in [-0.3, -0.25) is 9.78 Å². The number of pyridine rings is 1. The van der Waals surface area contributed by atoms with Gasteiger partial charge in [0.25, 0.3) is 5.91 Å². The molecule has 2 N–H and O–H groups in total. The maximum absolute atomic E-state index is 14.1. The van der Waals surface area contributed by atoms with Gasteiger partial charge in [-0.15, -0.1) is 0 Å². The lowest BCUT2D eigenvalue weighted by atomic mass is 9.74. The molecule has 1 unspecified atom stereocenters. The zero-order chi connectivity index (χ0) is 23.7. The normalized spacial score (nSPS) is 14.1. The molecule has 0 spiro atoms. The molecule has 1 amide bonds. The summed E-state index contributed by atoms with van der Waals surface area (Å²) in [5.74, 6) is -1.22. The number of nitrogens with one attached hydrogen (secondary N) is 1. The molecule has 1 aromatic heterocycles. The summed E-state index contributed by atoms with van der Waals surface area (Å²) in [6, 6.07) is 12.8. The Hall–Kier alpha value is -2.65. The van der Waals surface area contributed by atoms with Crippen LogP contribution >= 0.6 is 15.9 Å². The molecule has 32 heavy (non-hydrogen) atoms. The molecule has 170 valence electrons. The average Bonchev–Trinajstić information content (AvgIpc) is 2.72. The number of methoxy groups -OCH3 is 1. The van der Waals surface area contributed by atoms with Crippen LogP contribution in [0.15, 0.2) is 59.2 Å². The van der Waals surface area contributed by atoms with Gasteiger partial charge in [-0.2, -0.15) is 13.2 Å². The number of carbonyl (C=O) groups is 1. The van der Waals surface area contributed by atoms with E-state index in [1.165, 1.54) is 33.2 Å². The van der Waals surface area contributed by atoms with Crippen molar-refractivity contribution >= 4 is 38.4 Å². The maximum atomic E-state index is 14.1. The van der Waals surface area contributed by atoms with Gasteiger partial charge in [-0.1, -0.05) is 35.8 Å². The number of halogens is 4. The van der Waals surface area contributed by atoms with Crippen LogP contribution in [0.5, 0.6) is 5.75 Å². The molecule has 1 atom stereocenters. The van der Waals surface area contributed by atoms with Crippen molar-refractivity contribution in [3.05, 3.63) is 64.8 Å². The predicted molar refractivity (Wildman–Crippen MR) is 120 cm³/mol. The standard InChI is InChI=1S/C23H22BrF3N2O3/c1-21(2,16-12-14(24)9-10-19(16)32-3)13-22(31,23(25,26)27)20(30)29-18-8-4-7-17-15(18)6-5-11-28-17/h4-12,31H,13H2,1-3H3,(H,29,30). The summed E-state index contributed by atoms with van der Waals surface area (Å²) < 4.78 is 48.3. The lowest BCUT2D eigenvalue weighted by molar-refractivity contribution is -0.254. The van der Waals surface area contributed by atoms with Crippen LogP contribution in [0.1, 0.15) is 25.8 Å². The van der Waals surface area contributed by atoms with Gasteiger partial charge in [0.15, 0.2) is 0 Å². The molecule has 0 bridgehead atoms. The molecule has 0 saturated carbocycles. The molecule has 0 aliphatic heterocycles. The molecule has 9 heteroatoms. The van der Waals surface area contributed by atoms with Gasteiger partial charge in [-0.25, -0.2) is 0 Å². The van der Waals surface area contributed by atoms with Crippen LogP contribution in [0.25, 0.3) is 10.9 Å². The highest BCUT2D eigenvalue weighted by atomic mass is 79.9. The molecule has 3 aromatic rings. The van der Waals surface area contributed by atoms with Crippen molar-refractivity contribution in [1.82, 2.24) is 4.98 Å². The first-order valence-corrected chi connectivity index (χ1v) is 10.5. The molecular weight excluding hydrogens is 489 g/mol. The highest BCUT2D eigenvalue weighted by Crippen LogP contribution is 2.44. The van der Waals surface area contributed by atoms with Crippen LogP contribution in [0.3, 0.4) is 0 Å². The van der Waals surface area contributed by atoms with E-state index in [4.69, 9.17) is 4.74 Å². The molecule has 0 aliphatic carbocycles. The number of benzene rings is 2. The van der Waals surface area contributed by atoms with Gasteiger partial charge in [-0.05, 0) is 47.9 Å². The highest BCUT2D eigenvalue weighted by molar-refractivity contribution is 9.10. The van der Waals surface area contributed by atoms with Gasteiger partial charge in [0.1, 0.15) is 5.75 Å². The predicted octanol–water partition coefficient (Wildman–Crippen LogP) is 5.61. The summed E-state index contributed by atoms with van der Waals surface area (Å²) in [6.45, 7) is 3.03. The van der Waals surface area contributed by atoms with E-state index in [1.54, 1.807) is 42.5 Å². The first-order chi connectivity index (χ1) is 14.9. The van der Waals surface area contributed by atoms with Gasteiger partial charge in [0.2, 0.25) is 5.60 Å². The number of anilines is 1. The number of ether oxygens (including phenoxy) is 1. The van der Waals surface area contributed by atoms with Crippen molar-refractivity contribution in [1.29, 1.82) is 0 Å². The molecule has 5 nitrogen and oxygen atoms in total. The first kappa shape index (κ1) is 24.0. The fourth-order valence-electron chi connectivity index (χ4n) is 3.69. The number of carbonyl (C=O) groups excluding carboxylic acids is 1. The summed E-state index contributed by atoms with van der Waals surface area (Å²) in [5.41, 5.74) is -3.90. The second-order valence-electron chi connectivity index (χ2n) is 8.09. The van der Waals surface area contributed by atoms with E-state index in [2.05, 4.69) is 26.2 Å². The lowest BCUT2D eigenvalue weighted by Crippen LogP contribution is -2.57. The van der Waals surface area contributed by atoms with Crippen molar-refractivity contribution in [2.45, 2.75) is 37.5 Å². The zero-order valence-electron chi connectivity index (χ0n) is 17.6. The number of amides is 1. The Bertz CT molecular complexity index is 1150. The smallest absolute Gasteiger partial charge is 0.426 e. The molecule has 2 aromatic carbocycles. The van der Waals surface area contributed by atoms with Crippen LogP contribution in [0.4, 0.5) is 18.9 Å². The fraction of sp³-hybridized carbons (Fsp3) is 0.304. The van der Waals surface area contributed by atoms with Crippen molar-refractivity contribution in [2.24, 2.45) is 0 Å². The SMILES string of the molecule is COc1ccc(Br)cc1C(C)(C)CC(O)(C(=O)Nc1cccc2ncccc12)C(F)(F)F. The molecule has 3 rings (SSSR count). The Labute approximate surface area is 191 Å². The van der Waals surface area contributed by atoms with Gasteiger partial charge >= 0.3 is 6.18 Å². The zero-order valence-corrected chi connectivity index (χ0v) is 19.2. The second kappa shape index (κ2) is 8.71. The monoisotopic (exact) mass is 510 g/mol. The van der Waals surface area contributed by atoms with Gasteiger partial charge in [0, 0.05) is 28.0 Å². The molecule has 0 fully saturated rings. The van der Waals surface area contributed by atoms with Crippen LogP contribution in [0, 0.1) is 0 Å². The third-order valence-electron chi connectivity index (χ3n) is 5.33. The fourth-order valence-corrected chi connectivity index (χ4v) is 4.05. The highest BCUT2D eigenvalue weighted by Gasteiger charge is 2.61. The third kappa shape index (κ3) is 4.59. The summed E-state index contributed by atoms with van der Waals surface area (Å²) in [6.07, 6.45) is -4.62. The van der Waals surface area contributed by atoms with Crippen LogP contribution < -0.4 is 10.1 Å². The Morgan fingerprint density at radius 3 is 2.53 bits per heavy atom. The minimum Gasteiger partial charge on any atom is -0.496 e. The summed E-state index contributed by atoms with van der Waals surface area (Å²) in [5, 5.41) is 13.5. The van der Waals surface area contributed by atoms with Crippen LogP contribution in [-0.4, -0.2) is 34.9 Å². The molecule has 0 saturated heterocycles. The number of aromatic nitrogens is 1. The van der Waals surface area contributed by atoms with E-state index in [1.807, 2.05) is 0 Å². The number of nitrogens with zero attached hydrogens (tertiary/aromatic N) is 1. The first-order valence-electron chi connectivity index (χ1n) is 9.67. The lowest BCUT2D eigenvalue weighted by Gasteiger charge is -2.37. The van der Waals surface area contributed by atoms with Crippen molar-refractivity contribution < 1.29 is 27.8 Å². The van der Waals surface area contributed by atoms with E-state index in [-0.39, 0.29) is 5.69 Å². The minimum absolute atomic E-state index is 0.126. The molecule has 1 heterocycles. The molecule has 0 aliphatic rings. The van der Waals surface area contributed by atoms with E-state index >= 15 is 0 Å². The Morgan fingerprint density at radius 2 is 1.88 bits per heavy atom. The van der Waals surface area contributed by atoms with Crippen LogP contribution in [0.2, 0.25) is 0 Å². The van der Waals surface area contributed by atoms with E-state index < -0.39 is 29.5 Å². The van der Waals surface area contributed by atoms with Gasteiger partial charge in [0.05, 0.1) is 18.3 Å². The Kier molecular flexibility index (Phi) is 6.53. The van der Waals surface area contributed by atoms with Crippen molar-refractivity contribution in [3.8, 4) is 5.75 Å². The quantitative estimate of drug-likeness (QED) is 0.452. The van der Waals surface area contributed by atoms with Crippen LogP contribution in [-0.2, 0) is 10.2 Å². The van der Waals surface area contributed by atoms with E-state index in [0.717, 1.165) is 0 Å². The molecular formula is C23H22BrF3N2O3. The summed E-state index contributed by atoms with van der Waals surface area (Å²) in [4.78, 5) is 17.0. The number of alkyl halides is 3. The summed E-state index contributed by atoms with van der Waals surface area (Å²) >= 11 is 3.31. The summed E-state index contributed by atoms with van der Waals surface area (Å²) in [7, 11) is 1.40. The number of aliphatic hydroxyl groups is 1. The Morgan fingerprint density at radius 1 is 1.16 bits per heavy atom.